The van der Waals surface area contributed by atoms with Crippen LogP contribution in [0.1, 0.15) is 232 Å². The van der Waals surface area contributed by atoms with E-state index in [1.807, 2.05) is 0 Å². The van der Waals surface area contributed by atoms with Crippen LogP contribution in [0.3, 0.4) is 0 Å². The molecule has 0 aromatic carbocycles. The Balaban J connectivity index is 2.40. The van der Waals surface area contributed by atoms with Crippen molar-refractivity contribution in [1.29, 1.82) is 0 Å². The molecule has 372 valence electrons. The van der Waals surface area contributed by atoms with Crippen LogP contribution in [0.2, 0.25) is 0 Å². The highest BCUT2D eigenvalue weighted by molar-refractivity contribution is 7.47. The zero-order valence-electron chi connectivity index (χ0n) is 39.6. The molecule has 0 amide bonds. The lowest BCUT2D eigenvalue weighted by Crippen LogP contribution is -2.64. The fourth-order valence-electron chi connectivity index (χ4n) is 7.99. The van der Waals surface area contributed by atoms with E-state index in [-0.39, 0.29) is 12.8 Å². The van der Waals surface area contributed by atoms with E-state index in [1.165, 1.54) is 135 Å². The molecule has 1 fully saturated rings. The maximum Gasteiger partial charge on any atom is 0.472 e. The summed E-state index contributed by atoms with van der Waals surface area (Å²) < 4.78 is 33.6. The van der Waals surface area contributed by atoms with Gasteiger partial charge in [-0.2, -0.15) is 0 Å². The molecule has 0 aromatic rings. The van der Waals surface area contributed by atoms with Crippen LogP contribution in [-0.2, 0) is 32.7 Å². The Bertz CT molecular complexity index is 1160. The Hall–Kier alpha value is -1.41. The number of hydrogen-bond acceptors (Lipinski definition) is 12. The van der Waals surface area contributed by atoms with Gasteiger partial charge in [0.15, 0.2) is 6.10 Å². The lowest BCUT2D eigenvalue weighted by Gasteiger charge is -2.41. The second kappa shape index (κ2) is 39.7. The summed E-state index contributed by atoms with van der Waals surface area (Å²) in [4.78, 5) is 35.8. The van der Waals surface area contributed by atoms with E-state index in [2.05, 4.69) is 26.0 Å². The molecule has 14 heteroatoms. The fourth-order valence-corrected chi connectivity index (χ4v) is 8.96. The molecule has 1 aliphatic carbocycles. The van der Waals surface area contributed by atoms with Gasteiger partial charge in [-0.25, -0.2) is 4.57 Å². The molecule has 0 aromatic heterocycles. The number of phosphoric acid groups is 1. The molecule has 0 saturated heterocycles. The van der Waals surface area contributed by atoms with Crippen LogP contribution in [0.15, 0.2) is 12.2 Å². The molecule has 0 spiro atoms. The molecule has 1 rings (SSSR count). The van der Waals surface area contributed by atoms with Gasteiger partial charge in [-0.1, -0.05) is 193 Å². The van der Waals surface area contributed by atoms with Crippen molar-refractivity contribution in [3.63, 3.8) is 0 Å². The zero-order chi connectivity index (χ0) is 46.4. The first kappa shape index (κ1) is 59.6. The van der Waals surface area contributed by atoms with Gasteiger partial charge in [0.25, 0.3) is 0 Å². The highest BCUT2D eigenvalue weighted by Crippen LogP contribution is 2.47. The zero-order valence-corrected chi connectivity index (χ0v) is 40.5. The molecule has 6 unspecified atom stereocenters. The summed E-state index contributed by atoms with van der Waals surface area (Å²) in [6.07, 6.45) is 29.7. The molecule has 63 heavy (non-hydrogen) atoms. The normalized spacial score (nSPS) is 21.7. The number of phosphoric ester groups is 1. The quantitative estimate of drug-likeness (QED) is 0.0146. The maximum atomic E-state index is 12.8. The smallest absolute Gasteiger partial charge is 0.462 e. The van der Waals surface area contributed by atoms with Crippen LogP contribution in [0.4, 0.5) is 0 Å². The van der Waals surface area contributed by atoms with E-state index in [1.54, 1.807) is 0 Å². The molecule has 0 radical (unpaired) electrons. The summed E-state index contributed by atoms with van der Waals surface area (Å²) >= 11 is 0. The van der Waals surface area contributed by atoms with Crippen molar-refractivity contribution in [3.8, 4) is 0 Å². The number of hydrogen-bond donors (Lipinski definition) is 6. The van der Waals surface area contributed by atoms with Gasteiger partial charge in [0.2, 0.25) is 0 Å². The van der Waals surface area contributed by atoms with Crippen molar-refractivity contribution >= 4 is 19.8 Å². The molecule has 13 nitrogen and oxygen atoms in total. The largest absolute Gasteiger partial charge is 0.472 e. The lowest BCUT2D eigenvalue weighted by atomic mass is 9.85. The average Bonchev–Trinajstić information content (AvgIpc) is 3.26. The van der Waals surface area contributed by atoms with Crippen LogP contribution in [0.25, 0.3) is 0 Å². The maximum absolute atomic E-state index is 12.8. The van der Waals surface area contributed by atoms with Crippen molar-refractivity contribution in [3.05, 3.63) is 12.2 Å². The number of unbranched alkanes of at least 4 members (excludes halogenated alkanes) is 29. The third kappa shape index (κ3) is 32.0. The van der Waals surface area contributed by atoms with Gasteiger partial charge in [0, 0.05) is 12.8 Å². The van der Waals surface area contributed by atoms with E-state index in [0.717, 1.165) is 57.8 Å². The SMILES string of the molecule is CCCCCCCC/C=C\CCCCCCCC(=O)OC[C@H](COP(=O)(O)OC1C(O)C(O)C(O)[C@@H](O)C1O)OC(=O)CCCCCCCCCCCCCCCCCCCCC. The summed E-state index contributed by atoms with van der Waals surface area (Å²) in [6.45, 7) is 3.32. The summed E-state index contributed by atoms with van der Waals surface area (Å²) in [7, 11) is -5.12. The van der Waals surface area contributed by atoms with Gasteiger partial charge in [0.1, 0.15) is 43.2 Å². The summed E-state index contributed by atoms with van der Waals surface area (Å²) in [6, 6.07) is 0. The molecule has 1 aliphatic rings. The molecule has 1 saturated carbocycles. The average molecular weight is 921 g/mol. The van der Waals surface area contributed by atoms with Gasteiger partial charge >= 0.3 is 19.8 Å². The second-order valence-corrected chi connectivity index (χ2v) is 19.4. The first-order chi connectivity index (χ1) is 30.4. The number of rotatable bonds is 43. The van der Waals surface area contributed by atoms with Crippen LogP contribution in [0, 0.1) is 0 Å². The Morgan fingerprint density at radius 1 is 0.476 bits per heavy atom. The Morgan fingerprint density at radius 2 is 0.810 bits per heavy atom. The number of ether oxygens (including phenoxy) is 2. The Labute approximate surface area is 382 Å². The topological polar surface area (TPSA) is 210 Å². The van der Waals surface area contributed by atoms with Crippen molar-refractivity contribution in [2.45, 2.75) is 275 Å². The molecule has 0 bridgehead atoms. The van der Waals surface area contributed by atoms with E-state index >= 15 is 0 Å². The van der Waals surface area contributed by atoms with E-state index in [4.69, 9.17) is 18.5 Å². The first-order valence-corrected chi connectivity index (χ1v) is 27.0. The third-order valence-corrected chi connectivity index (χ3v) is 13.1. The standard InChI is InChI=1S/C49H93O13P/c1-3-5-7-9-11-13-15-17-19-20-21-22-24-26-28-30-32-34-36-38-43(51)61-41(40-60-63(57,58)62-49-47(55)45(53)44(52)46(54)48(49)56)39-59-42(50)37-35-33-31-29-27-25-23-18-16-14-12-10-8-6-4-2/h18,23,41,44-49,52-56H,3-17,19-22,24-40H2,1-2H3,(H,57,58)/b23-18-/t41-,44?,45-,46?,47?,48?,49?/m1/s1. The fraction of sp³-hybridized carbons (Fsp3) is 0.918. The lowest BCUT2D eigenvalue weighted by molar-refractivity contribution is -0.220. The van der Waals surface area contributed by atoms with E-state index in [0.29, 0.717) is 12.8 Å². The van der Waals surface area contributed by atoms with Crippen molar-refractivity contribution < 1.29 is 63.1 Å². The number of allylic oxidation sites excluding steroid dienone is 2. The van der Waals surface area contributed by atoms with E-state index in [9.17, 15) is 44.6 Å². The highest BCUT2D eigenvalue weighted by atomic mass is 31.2. The van der Waals surface area contributed by atoms with Crippen LogP contribution in [-0.4, -0.2) is 98.3 Å². The number of carbonyl (C=O) groups is 2. The summed E-state index contributed by atoms with van der Waals surface area (Å²) in [5, 5.41) is 50.2. The highest BCUT2D eigenvalue weighted by Gasteiger charge is 2.51. The molecular formula is C49H93O13P. The van der Waals surface area contributed by atoms with Crippen LogP contribution >= 0.6 is 7.82 Å². The Morgan fingerprint density at radius 3 is 1.21 bits per heavy atom. The van der Waals surface area contributed by atoms with Gasteiger partial charge in [-0.05, 0) is 38.5 Å². The molecule has 8 atom stereocenters. The molecule has 0 heterocycles. The second-order valence-electron chi connectivity index (χ2n) is 18.0. The van der Waals surface area contributed by atoms with Crippen molar-refractivity contribution in [2.24, 2.45) is 0 Å². The predicted octanol–water partition coefficient (Wildman–Crippen LogP) is 10.6. The van der Waals surface area contributed by atoms with Crippen molar-refractivity contribution in [2.75, 3.05) is 13.2 Å². The first-order valence-electron chi connectivity index (χ1n) is 25.5. The number of aliphatic hydroxyl groups excluding tert-OH is 5. The summed E-state index contributed by atoms with van der Waals surface area (Å²) in [5.74, 6) is -1.10. The summed E-state index contributed by atoms with van der Waals surface area (Å²) in [5.41, 5.74) is 0. The van der Waals surface area contributed by atoms with Crippen LogP contribution < -0.4 is 0 Å². The van der Waals surface area contributed by atoms with Crippen molar-refractivity contribution in [1.82, 2.24) is 0 Å². The van der Waals surface area contributed by atoms with E-state index < -0.39 is 75.7 Å². The third-order valence-electron chi connectivity index (χ3n) is 12.1. The minimum absolute atomic E-state index is 0.101. The number of carbonyl (C=O) groups excluding carboxylic acids is 2. The number of aliphatic hydroxyl groups is 5. The van der Waals surface area contributed by atoms with Gasteiger partial charge in [0.05, 0.1) is 6.61 Å². The molecule has 6 N–H and O–H groups in total. The minimum atomic E-state index is -5.12. The predicted molar refractivity (Wildman–Crippen MR) is 249 cm³/mol. The number of esters is 2. The molecular weight excluding hydrogens is 827 g/mol. The minimum Gasteiger partial charge on any atom is -0.462 e. The van der Waals surface area contributed by atoms with Crippen LogP contribution in [0.5, 0.6) is 0 Å². The van der Waals surface area contributed by atoms with Gasteiger partial charge in [-0.15, -0.1) is 0 Å². The van der Waals surface area contributed by atoms with Gasteiger partial charge in [-0.3, -0.25) is 18.6 Å². The Kier molecular flexibility index (Phi) is 37.6. The monoisotopic (exact) mass is 921 g/mol. The molecule has 0 aliphatic heterocycles. The van der Waals surface area contributed by atoms with Gasteiger partial charge < -0.3 is 39.9 Å².